The molecule has 0 saturated heterocycles. The number of carbonyl (C=O) groups is 4. The molecule has 138 valence electrons. The highest BCUT2D eigenvalue weighted by Crippen LogP contribution is 2.30. The smallest absolute Gasteiger partial charge is 0.370 e. The van der Waals surface area contributed by atoms with Crippen molar-refractivity contribution in [2.24, 2.45) is 5.92 Å². The van der Waals surface area contributed by atoms with Crippen LogP contribution < -0.4 is 5.32 Å². The Morgan fingerprint density at radius 1 is 1.04 bits per heavy atom. The average molecular weight is 363 g/mol. The Bertz CT molecular complexity index is 476. The first-order valence-corrected chi connectivity index (χ1v) is 8.29. The molecule has 24 heavy (non-hydrogen) atoms. The Hall–Kier alpha value is -1.77. The number of hydrogen-bond donors (Lipinski definition) is 1. The first-order chi connectivity index (χ1) is 11.0. The number of nitrogens with one attached hydrogen (secondary N) is 1. The van der Waals surface area contributed by atoms with Crippen LogP contribution in [0.3, 0.4) is 0 Å². The molecule has 0 aliphatic heterocycles. The predicted octanol–water partition coefficient (Wildman–Crippen LogP) is 1.86. The van der Waals surface area contributed by atoms with Crippen LogP contribution in [0.1, 0.15) is 41.5 Å². The molecule has 0 aromatic carbocycles. The lowest BCUT2D eigenvalue weighted by Crippen LogP contribution is -2.53. The molecule has 0 spiro atoms. The summed E-state index contributed by atoms with van der Waals surface area (Å²) >= 11 is 0.698. The van der Waals surface area contributed by atoms with Gasteiger partial charge in [-0.05, 0) is 32.5 Å². The lowest BCUT2D eigenvalue weighted by Gasteiger charge is -2.31. The molecular weight excluding hydrogens is 338 g/mol. The predicted molar refractivity (Wildman–Crippen MR) is 88.2 cm³/mol. The van der Waals surface area contributed by atoms with Crippen molar-refractivity contribution in [2.45, 2.75) is 52.3 Å². The third kappa shape index (κ3) is 8.19. The van der Waals surface area contributed by atoms with E-state index in [4.69, 9.17) is 14.2 Å². The highest BCUT2D eigenvalue weighted by atomic mass is 32.2. The van der Waals surface area contributed by atoms with Crippen LogP contribution in [0.15, 0.2) is 0 Å². The van der Waals surface area contributed by atoms with Crippen molar-refractivity contribution in [1.29, 1.82) is 0 Å². The normalized spacial score (nSPS) is 12.3. The third-order valence-corrected chi connectivity index (χ3v) is 3.81. The molecule has 0 fully saturated rings. The third-order valence-electron chi connectivity index (χ3n) is 2.76. The van der Waals surface area contributed by atoms with Crippen LogP contribution in [-0.4, -0.2) is 47.3 Å². The van der Waals surface area contributed by atoms with Gasteiger partial charge in [-0.1, -0.05) is 13.8 Å². The molecule has 1 N–H and O–H groups in total. The lowest BCUT2D eigenvalue weighted by atomic mass is 10.0. The van der Waals surface area contributed by atoms with Gasteiger partial charge in [0.2, 0.25) is 12.7 Å². The van der Waals surface area contributed by atoms with Gasteiger partial charge in [0, 0.05) is 6.92 Å². The molecule has 0 aromatic rings. The number of hydrogen-bond acceptors (Lipinski definition) is 8. The quantitative estimate of drug-likeness (QED) is 0.514. The summed E-state index contributed by atoms with van der Waals surface area (Å²) in [5, 5.41) is 1.73. The summed E-state index contributed by atoms with van der Waals surface area (Å²) < 4.78 is 13.4. The molecule has 0 bridgehead atoms. The Morgan fingerprint density at radius 2 is 1.62 bits per heavy atom. The fourth-order valence-electron chi connectivity index (χ4n) is 1.55. The van der Waals surface area contributed by atoms with Crippen LogP contribution in [0.25, 0.3) is 0 Å². The fraction of sp³-hybridized carbons (Fsp3) is 0.733. The van der Waals surface area contributed by atoms with Gasteiger partial charge in [-0.2, -0.15) is 0 Å². The highest BCUT2D eigenvalue weighted by molar-refractivity contribution is 8.14. The summed E-state index contributed by atoms with van der Waals surface area (Å²) in [6.07, 6.45) is 0. The number of rotatable bonds is 8. The van der Waals surface area contributed by atoms with Gasteiger partial charge in [-0.15, -0.1) is 0 Å². The van der Waals surface area contributed by atoms with Gasteiger partial charge in [-0.3, -0.25) is 9.59 Å². The molecule has 0 rings (SSSR count). The monoisotopic (exact) mass is 363 g/mol. The van der Waals surface area contributed by atoms with Crippen molar-refractivity contribution < 1.29 is 33.4 Å². The summed E-state index contributed by atoms with van der Waals surface area (Å²) in [4.78, 5) is 46.5. The number of carbonyl (C=O) groups excluding carboxylic acids is 4. The van der Waals surface area contributed by atoms with Crippen molar-refractivity contribution in [2.75, 3.05) is 13.4 Å². The summed E-state index contributed by atoms with van der Waals surface area (Å²) in [5.41, 5.74) is 0. The van der Waals surface area contributed by atoms with E-state index in [2.05, 4.69) is 5.32 Å². The first-order valence-electron chi connectivity index (χ1n) is 7.47. The van der Waals surface area contributed by atoms with Crippen molar-refractivity contribution in [1.82, 2.24) is 5.32 Å². The zero-order valence-corrected chi connectivity index (χ0v) is 15.7. The van der Waals surface area contributed by atoms with E-state index in [0.29, 0.717) is 11.8 Å². The van der Waals surface area contributed by atoms with Crippen LogP contribution in [0.5, 0.6) is 0 Å². The van der Waals surface area contributed by atoms with Gasteiger partial charge in [-0.25, -0.2) is 9.59 Å². The second kappa shape index (κ2) is 10.2. The van der Waals surface area contributed by atoms with Gasteiger partial charge in [0.15, 0.2) is 0 Å². The van der Waals surface area contributed by atoms with E-state index in [1.54, 1.807) is 34.6 Å². The molecule has 0 radical (unpaired) electrons. The van der Waals surface area contributed by atoms with Crippen LogP contribution in [0.2, 0.25) is 0 Å². The van der Waals surface area contributed by atoms with E-state index in [-0.39, 0.29) is 12.5 Å². The van der Waals surface area contributed by atoms with Gasteiger partial charge >= 0.3 is 17.2 Å². The highest BCUT2D eigenvalue weighted by Gasteiger charge is 2.40. The molecule has 0 aromatic heterocycles. The van der Waals surface area contributed by atoms with Gasteiger partial charge < -0.3 is 19.5 Å². The second-order valence-corrected chi connectivity index (χ2v) is 7.31. The van der Waals surface area contributed by atoms with E-state index >= 15 is 0 Å². The molecule has 0 heterocycles. The Labute approximate surface area is 146 Å². The van der Waals surface area contributed by atoms with E-state index in [0.717, 1.165) is 0 Å². The van der Waals surface area contributed by atoms with Crippen LogP contribution in [0, 0.1) is 5.92 Å². The van der Waals surface area contributed by atoms with Crippen molar-refractivity contribution >= 4 is 34.9 Å². The zero-order valence-electron chi connectivity index (χ0n) is 14.8. The van der Waals surface area contributed by atoms with Gasteiger partial charge in [0.1, 0.15) is 6.04 Å². The minimum Gasteiger partial charge on any atom is -0.464 e. The zero-order chi connectivity index (χ0) is 18.9. The first kappa shape index (κ1) is 22.2. The number of ether oxygens (including phenoxy) is 3. The molecule has 1 amide bonds. The lowest BCUT2D eigenvalue weighted by molar-refractivity contribution is -0.155. The van der Waals surface area contributed by atoms with Crippen LogP contribution >= 0.6 is 11.8 Å². The minimum atomic E-state index is -1.04. The summed E-state index contributed by atoms with van der Waals surface area (Å²) in [5.74, 6) is -1.90. The Balaban J connectivity index is 4.74. The minimum absolute atomic E-state index is 0.144. The molecular formula is C15H25NO7S. The molecule has 0 saturated carbocycles. The van der Waals surface area contributed by atoms with Crippen molar-refractivity contribution in [3.05, 3.63) is 0 Å². The Kier molecular flexibility index (Phi) is 9.42. The standard InChI is InChI=1S/C15H25NO7S/c1-7-21-13(19)11(16-10(4)17)15(5,6)24-14(20)23-8-22-12(18)9(2)3/h9,11H,7-8H2,1-6H3,(H,16,17). The van der Waals surface area contributed by atoms with E-state index < -0.39 is 40.7 Å². The number of amides is 1. The molecule has 9 heteroatoms. The maximum atomic E-state index is 12.0. The summed E-state index contributed by atoms with van der Waals surface area (Å²) in [6, 6.07) is -1.04. The molecule has 1 unspecified atom stereocenters. The molecule has 1 atom stereocenters. The fourth-order valence-corrected chi connectivity index (χ4v) is 2.36. The molecule has 8 nitrogen and oxygen atoms in total. The van der Waals surface area contributed by atoms with E-state index in [1.165, 1.54) is 6.92 Å². The summed E-state index contributed by atoms with van der Waals surface area (Å²) in [7, 11) is 0. The second-order valence-electron chi connectivity index (χ2n) is 5.72. The maximum Gasteiger partial charge on any atom is 0.370 e. The van der Waals surface area contributed by atoms with E-state index in [9.17, 15) is 19.2 Å². The van der Waals surface area contributed by atoms with Crippen LogP contribution in [-0.2, 0) is 28.6 Å². The number of esters is 2. The Morgan fingerprint density at radius 3 is 2.08 bits per heavy atom. The van der Waals surface area contributed by atoms with Gasteiger partial charge in [0.05, 0.1) is 17.3 Å². The van der Waals surface area contributed by atoms with Crippen molar-refractivity contribution in [3.8, 4) is 0 Å². The molecule has 0 aliphatic carbocycles. The van der Waals surface area contributed by atoms with Crippen LogP contribution in [0.4, 0.5) is 4.79 Å². The van der Waals surface area contributed by atoms with Crippen molar-refractivity contribution in [3.63, 3.8) is 0 Å². The largest absolute Gasteiger partial charge is 0.464 e. The molecule has 0 aliphatic rings. The van der Waals surface area contributed by atoms with E-state index in [1.807, 2.05) is 0 Å². The topological polar surface area (TPSA) is 108 Å². The summed E-state index contributed by atoms with van der Waals surface area (Å²) in [6.45, 7) is 9.02. The maximum absolute atomic E-state index is 12.0. The average Bonchev–Trinajstić information content (AvgIpc) is 2.43. The SMILES string of the molecule is CCOC(=O)C(NC(C)=O)C(C)(C)SC(=O)OCOC(=O)C(C)C. The number of thioether (sulfide) groups is 1. The van der Waals surface area contributed by atoms with Gasteiger partial charge in [0.25, 0.3) is 0 Å².